The monoisotopic (exact) mass is 330 g/mol. The minimum absolute atomic E-state index is 0.353. The van der Waals surface area contributed by atoms with Crippen LogP contribution in [0.2, 0.25) is 0 Å². The highest BCUT2D eigenvalue weighted by Crippen LogP contribution is 2.23. The predicted octanol–water partition coefficient (Wildman–Crippen LogP) is 3.70. The number of hydrogen-bond acceptors (Lipinski definition) is 5. The van der Waals surface area contributed by atoms with Crippen LogP contribution in [0.25, 0.3) is 11.5 Å². The minimum Gasteiger partial charge on any atom is -0.441 e. The van der Waals surface area contributed by atoms with E-state index in [1.54, 1.807) is 0 Å². The summed E-state index contributed by atoms with van der Waals surface area (Å²) in [7, 11) is -1.10. The van der Waals surface area contributed by atoms with E-state index in [9.17, 15) is 4.21 Å². The Morgan fingerprint density at radius 1 is 1.04 bits per heavy atom. The van der Waals surface area contributed by atoms with E-state index in [1.807, 2.05) is 51.1 Å². The van der Waals surface area contributed by atoms with Gasteiger partial charge in [-0.3, -0.25) is 4.21 Å². The molecule has 0 aliphatic carbocycles. The maximum atomic E-state index is 12.4. The van der Waals surface area contributed by atoms with Gasteiger partial charge in [-0.15, -0.1) is 0 Å². The molecule has 23 heavy (non-hydrogen) atoms. The fourth-order valence-corrected chi connectivity index (χ4v) is 3.75. The number of aromatic nitrogens is 2. The van der Waals surface area contributed by atoms with Crippen LogP contribution in [0.4, 0.5) is 0 Å². The van der Waals surface area contributed by atoms with Gasteiger partial charge in [0, 0.05) is 21.9 Å². The third-order valence-corrected chi connectivity index (χ3v) is 4.90. The number of rotatable bonds is 5. The van der Waals surface area contributed by atoms with Crippen molar-refractivity contribution in [1.82, 2.24) is 10.1 Å². The van der Waals surface area contributed by atoms with Crippen LogP contribution >= 0.6 is 0 Å². The van der Waals surface area contributed by atoms with Crippen molar-refractivity contribution in [3.63, 3.8) is 0 Å². The Hall–Kier alpha value is -2.21. The molecule has 0 amide bonds. The van der Waals surface area contributed by atoms with Gasteiger partial charge in [0.05, 0.1) is 22.9 Å². The summed E-state index contributed by atoms with van der Waals surface area (Å²) in [5.41, 5.74) is 3.35. The molecule has 6 heteroatoms. The fraction of sp³-hybridized carbons (Fsp3) is 0.294. The first-order valence-electron chi connectivity index (χ1n) is 7.33. The standard InChI is InChI=1S/C17H18N2O3S/c1-11-15(12(2)22-19-11)9-23(20)10-16-13(3)21-17(18-16)14-7-5-4-6-8-14/h4-8H,9-10H2,1-3H3/t23-/m1/s1. The lowest BCUT2D eigenvalue weighted by Gasteiger charge is -2.00. The van der Waals surface area contributed by atoms with Crippen molar-refractivity contribution in [3.8, 4) is 11.5 Å². The Labute approximate surface area is 137 Å². The number of oxazole rings is 1. The van der Waals surface area contributed by atoms with E-state index in [0.717, 1.165) is 28.3 Å². The van der Waals surface area contributed by atoms with Crippen molar-refractivity contribution in [2.75, 3.05) is 0 Å². The van der Waals surface area contributed by atoms with Crippen LogP contribution in [0.15, 0.2) is 39.3 Å². The summed E-state index contributed by atoms with van der Waals surface area (Å²) in [6, 6.07) is 9.69. The Morgan fingerprint density at radius 2 is 1.78 bits per heavy atom. The fourth-order valence-electron chi connectivity index (χ4n) is 2.34. The van der Waals surface area contributed by atoms with Crippen LogP contribution in [-0.4, -0.2) is 14.3 Å². The molecule has 2 aromatic heterocycles. The molecule has 0 fully saturated rings. The third-order valence-electron chi connectivity index (χ3n) is 3.70. The molecule has 0 radical (unpaired) electrons. The first kappa shape index (κ1) is 15.7. The van der Waals surface area contributed by atoms with E-state index in [2.05, 4.69) is 10.1 Å². The average Bonchev–Trinajstić information content (AvgIpc) is 3.06. The molecule has 3 rings (SSSR count). The Kier molecular flexibility index (Phi) is 4.43. The molecule has 1 aromatic carbocycles. The second-order valence-electron chi connectivity index (χ2n) is 5.42. The van der Waals surface area contributed by atoms with Crippen molar-refractivity contribution in [2.24, 2.45) is 0 Å². The molecule has 0 aliphatic rings. The van der Waals surface area contributed by atoms with Gasteiger partial charge in [-0.25, -0.2) is 4.98 Å². The summed E-state index contributed by atoms with van der Waals surface area (Å²) >= 11 is 0. The van der Waals surface area contributed by atoms with Gasteiger partial charge < -0.3 is 8.94 Å². The van der Waals surface area contributed by atoms with E-state index in [1.165, 1.54) is 0 Å². The lowest BCUT2D eigenvalue weighted by molar-refractivity contribution is 0.392. The van der Waals surface area contributed by atoms with Gasteiger partial charge in [0.15, 0.2) is 0 Å². The molecule has 0 saturated carbocycles. The van der Waals surface area contributed by atoms with Gasteiger partial charge in [-0.05, 0) is 32.9 Å². The SMILES string of the molecule is Cc1noc(C)c1C[S@@](=O)Cc1nc(-c2ccccc2)oc1C. The van der Waals surface area contributed by atoms with Crippen molar-refractivity contribution in [1.29, 1.82) is 0 Å². The maximum absolute atomic E-state index is 12.4. The second-order valence-corrected chi connectivity index (χ2v) is 6.88. The number of hydrogen-bond donors (Lipinski definition) is 0. The first-order chi connectivity index (χ1) is 11.0. The van der Waals surface area contributed by atoms with Crippen molar-refractivity contribution < 1.29 is 13.1 Å². The summed E-state index contributed by atoms with van der Waals surface area (Å²) in [5.74, 6) is 2.75. The largest absolute Gasteiger partial charge is 0.441 e. The summed E-state index contributed by atoms with van der Waals surface area (Å²) < 4.78 is 23.3. The molecule has 5 nitrogen and oxygen atoms in total. The summed E-state index contributed by atoms with van der Waals surface area (Å²) in [4.78, 5) is 4.50. The Bertz CT molecular complexity index is 817. The molecule has 0 N–H and O–H groups in total. The maximum Gasteiger partial charge on any atom is 0.226 e. The average molecular weight is 330 g/mol. The molecular formula is C17H18N2O3S. The Morgan fingerprint density at radius 3 is 2.43 bits per heavy atom. The number of nitrogens with zero attached hydrogens (tertiary/aromatic N) is 2. The quantitative estimate of drug-likeness (QED) is 0.713. The van der Waals surface area contributed by atoms with Gasteiger partial charge in [0.25, 0.3) is 0 Å². The highest BCUT2D eigenvalue weighted by molar-refractivity contribution is 7.83. The molecular weight excluding hydrogens is 312 g/mol. The highest BCUT2D eigenvalue weighted by atomic mass is 32.2. The van der Waals surface area contributed by atoms with E-state index in [4.69, 9.17) is 8.94 Å². The summed E-state index contributed by atoms with van der Waals surface area (Å²) in [6.45, 7) is 5.54. The van der Waals surface area contributed by atoms with Gasteiger partial charge in [-0.1, -0.05) is 23.4 Å². The molecule has 2 heterocycles. The van der Waals surface area contributed by atoms with E-state index >= 15 is 0 Å². The van der Waals surface area contributed by atoms with Crippen LogP contribution in [-0.2, 0) is 22.3 Å². The lowest BCUT2D eigenvalue weighted by atomic mass is 10.2. The van der Waals surface area contributed by atoms with Crippen LogP contribution in [0.5, 0.6) is 0 Å². The lowest BCUT2D eigenvalue weighted by Crippen LogP contribution is -2.02. The van der Waals surface area contributed by atoms with Gasteiger partial charge >= 0.3 is 0 Å². The summed E-state index contributed by atoms with van der Waals surface area (Å²) in [5, 5.41) is 3.89. The molecule has 0 aliphatic heterocycles. The Balaban J connectivity index is 1.76. The second kappa shape index (κ2) is 6.50. The zero-order valence-corrected chi connectivity index (χ0v) is 14.1. The topological polar surface area (TPSA) is 69.1 Å². The van der Waals surface area contributed by atoms with Crippen molar-refractivity contribution in [2.45, 2.75) is 32.3 Å². The first-order valence-corrected chi connectivity index (χ1v) is 8.82. The van der Waals surface area contributed by atoms with Crippen molar-refractivity contribution >= 4 is 10.8 Å². The van der Waals surface area contributed by atoms with E-state index in [0.29, 0.717) is 23.2 Å². The third kappa shape index (κ3) is 3.42. The molecule has 0 saturated heterocycles. The van der Waals surface area contributed by atoms with E-state index < -0.39 is 10.8 Å². The smallest absolute Gasteiger partial charge is 0.226 e. The van der Waals surface area contributed by atoms with Gasteiger partial charge in [0.1, 0.15) is 11.5 Å². The van der Waals surface area contributed by atoms with Crippen LogP contribution in [0, 0.1) is 20.8 Å². The molecule has 0 spiro atoms. The zero-order chi connectivity index (χ0) is 16.4. The van der Waals surface area contributed by atoms with Crippen LogP contribution < -0.4 is 0 Å². The number of benzene rings is 1. The highest BCUT2D eigenvalue weighted by Gasteiger charge is 2.17. The molecule has 120 valence electrons. The zero-order valence-electron chi connectivity index (χ0n) is 13.3. The minimum atomic E-state index is -1.10. The molecule has 0 bridgehead atoms. The number of aryl methyl sites for hydroxylation is 3. The molecule has 1 atom stereocenters. The normalized spacial score (nSPS) is 12.5. The molecule has 0 unspecified atom stereocenters. The van der Waals surface area contributed by atoms with Gasteiger partial charge in [0.2, 0.25) is 5.89 Å². The summed E-state index contributed by atoms with van der Waals surface area (Å²) in [6.07, 6.45) is 0. The van der Waals surface area contributed by atoms with E-state index in [-0.39, 0.29) is 0 Å². The molecule has 3 aromatic rings. The van der Waals surface area contributed by atoms with Crippen molar-refractivity contribution in [3.05, 3.63) is 58.8 Å². The van der Waals surface area contributed by atoms with Gasteiger partial charge in [-0.2, -0.15) is 0 Å². The predicted molar refractivity (Wildman–Crippen MR) is 88.2 cm³/mol. The van der Waals surface area contributed by atoms with Crippen LogP contribution in [0.3, 0.4) is 0 Å². The van der Waals surface area contributed by atoms with Crippen LogP contribution in [0.1, 0.15) is 28.5 Å².